The summed E-state index contributed by atoms with van der Waals surface area (Å²) >= 11 is 0. The Hall–Kier alpha value is -1.55. The van der Waals surface area contributed by atoms with E-state index in [1.54, 1.807) is 11.9 Å². The number of benzene rings is 1. The van der Waals surface area contributed by atoms with Gasteiger partial charge in [-0.25, -0.2) is 4.79 Å². The van der Waals surface area contributed by atoms with E-state index < -0.39 is 5.60 Å². The number of carbonyl (C=O) groups excluding carboxylic acids is 1. The summed E-state index contributed by atoms with van der Waals surface area (Å²) in [5, 5.41) is 0. The van der Waals surface area contributed by atoms with Gasteiger partial charge in [0.25, 0.3) is 0 Å². The van der Waals surface area contributed by atoms with Crippen molar-refractivity contribution < 1.29 is 9.53 Å². The van der Waals surface area contributed by atoms with Crippen molar-refractivity contribution in [2.45, 2.75) is 52.2 Å². The van der Waals surface area contributed by atoms with Crippen LogP contribution in [-0.2, 0) is 4.74 Å². The van der Waals surface area contributed by atoms with Gasteiger partial charge in [0.1, 0.15) is 5.60 Å². The van der Waals surface area contributed by atoms with Gasteiger partial charge in [-0.2, -0.15) is 0 Å². The molecule has 0 heterocycles. The molecular weight excluding hydrogens is 264 g/mol. The van der Waals surface area contributed by atoms with Crippen molar-refractivity contribution in [3.63, 3.8) is 0 Å². The van der Waals surface area contributed by atoms with Gasteiger partial charge in [-0.05, 0) is 37.8 Å². The predicted octanol–water partition coefficient (Wildman–Crippen LogP) is 3.68. The summed E-state index contributed by atoms with van der Waals surface area (Å²) in [6.45, 7) is 10.2. The van der Waals surface area contributed by atoms with Gasteiger partial charge in [0.15, 0.2) is 0 Å². The molecular formula is C17H28N2O2. The van der Waals surface area contributed by atoms with Crippen LogP contribution in [0.5, 0.6) is 0 Å². The number of hydrogen-bond acceptors (Lipinski definition) is 3. The SMILES string of the molecule is CC(C)c1ccc(C(CN)N(C)C(=O)OC(C)(C)C)cc1. The second kappa shape index (κ2) is 6.94. The number of rotatable bonds is 4. The topological polar surface area (TPSA) is 55.6 Å². The number of ether oxygens (including phenoxy) is 1. The molecule has 118 valence electrons. The summed E-state index contributed by atoms with van der Waals surface area (Å²) in [6, 6.07) is 8.07. The average molecular weight is 292 g/mol. The summed E-state index contributed by atoms with van der Waals surface area (Å²) in [5.74, 6) is 0.485. The van der Waals surface area contributed by atoms with Crippen LogP contribution in [0.15, 0.2) is 24.3 Å². The number of amides is 1. The lowest BCUT2D eigenvalue weighted by Gasteiger charge is -2.30. The van der Waals surface area contributed by atoms with E-state index in [-0.39, 0.29) is 12.1 Å². The fourth-order valence-corrected chi connectivity index (χ4v) is 2.08. The molecule has 0 bridgehead atoms. The number of likely N-dealkylation sites (N-methyl/N-ethyl adjacent to an activating group) is 1. The first-order valence-corrected chi connectivity index (χ1v) is 7.41. The van der Waals surface area contributed by atoms with Gasteiger partial charge < -0.3 is 15.4 Å². The van der Waals surface area contributed by atoms with E-state index in [4.69, 9.17) is 10.5 Å². The zero-order valence-corrected chi connectivity index (χ0v) is 14.0. The first-order valence-electron chi connectivity index (χ1n) is 7.41. The van der Waals surface area contributed by atoms with Crippen molar-refractivity contribution in [1.82, 2.24) is 4.90 Å². The van der Waals surface area contributed by atoms with Crippen LogP contribution in [-0.4, -0.2) is 30.2 Å². The number of carbonyl (C=O) groups is 1. The van der Waals surface area contributed by atoms with Crippen LogP contribution >= 0.6 is 0 Å². The van der Waals surface area contributed by atoms with Crippen LogP contribution in [0.4, 0.5) is 4.79 Å². The monoisotopic (exact) mass is 292 g/mol. The molecule has 0 aliphatic rings. The Labute approximate surface area is 128 Å². The van der Waals surface area contributed by atoms with E-state index >= 15 is 0 Å². The zero-order chi connectivity index (χ0) is 16.2. The maximum absolute atomic E-state index is 12.2. The highest BCUT2D eigenvalue weighted by molar-refractivity contribution is 5.68. The molecule has 0 spiro atoms. The van der Waals surface area contributed by atoms with E-state index in [1.165, 1.54) is 5.56 Å². The van der Waals surface area contributed by atoms with Gasteiger partial charge in [-0.15, -0.1) is 0 Å². The molecule has 1 aromatic rings. The van der Waals surface area contributed by atoms with Gasteiger partial charge in [-0.3, -0.25) is 0 Å². The standard InChI is InChI=1S/C17H28N2O2/c1-12(2)13-7-9-14(10-8-13)15(11-18)19(6)16(20)21-17(3,4)5/h7-10,12,15H,11,18H2,1-6H3. The van der Waals surface area contributed by atoms with Crippen molar-refractivity contribution in [1.29, 1.82) is 0 Å². The normalized spacial score (nSPS) is 13.1. The number of nitrogens with two attached hydrogens (primary N) is 1. The molecule has 2 N–H and O–H groups in total. The fraction of sp³-hybridized carbons (Fsp3) is 0.588. The summed E-state index contributed by atoms with van der Waals surface area (Å²) in [7, 11) is 1.72. The van der Waals surface area contributed by atoms with Crippen molar-refractivity contribution >= 4 is 6.09 Å². The van der Waals surface area contributed by atoms with E-state index in [0.717, 1.165) is 5.56 Å². The molecule has 0 aromatic heterocycles. The van der Waals surface area contributed by atoms with Gasteiger partial charge in [0.2, 0.25) is 0 Å². The molecule has 4 heteroatoms. The van der Waals surface area contributed by atoms with E-state index in [0.29, 0.717) is 12.5 Å². The van der Waals surface area contributed by atoms with Crippen LogP contribution in [0.3, 0.4) is 0 Å². The smallest absolute Gasteiger partial charge is 0.410 e. The molecule has 0 saturated carbocycles. The van der Waals surface area contributed by atoms with E-state index in [1.807, 2.05) is 32.9 Å². The molecule has 4 nitrogen and oxygen atoms in total. The lowest BCUT2D eigenvalue weighted by atomic mass is 9.98. The lowest BCUT2D eigenvalue weighted by molar-refractivity contribution is 0.0225. The van der Waals surface area contributed by atoms with Crippen molar-refractivity contribution in [3.05, 3.63) is 35.4 Å². The fourth-order valence-electron chi connectivity index (χ4n) is 2.08. The van der Waals surface area contributed by atoms with E-state index in [9.17, 15) is 4.79 Å². The molecule has 1 atom stereocenters. The highest BCUT2D eigenvalue weighted by Gasteiger charge is 2.25. The first-order chi connectivity index (χ1) is 9.65. The van der Waals surface area contributed by atoms with Crippen LogP contribution in [0, 0.1) is 0 Å². The minimum atomic E-state index is -0.508. The maximum Gasteiger partial charge on any atom is 0.410 e. The van der Waals surface area contributed by atoms with Crippen molar-refractivity contribution in [3.8, 4) is 0 Å². The molecule has 0 radical (unpaired) electrons. The van der Waals surface area contributed by atoms with Gasteiger partial charge >= 0.3 is 6.09 Å². The lowest BCUT2D eigenvalue weighted by Crippen LogP contribution is -2.39. The minimum absolute atomic E-state index is 0.180. The quantitative estimate of drug-likeness (QED) is 0.921. The molecule has 0 saturated heterocycles. The summed E-state index contributed by atoms with van der Waals surface area (Å²) in [5.41, 5.74) is 7.64. The second-order valence-electron chi connectivity index (χ2n) is 6.66. The Kier molecular flexibility index (Phi) is 5.78. The summed E-state index contributed by atoms with van der Waals surface area (Å²) in [4.78, 5) is 13.7. The van der Waals surface area contributed by atoms with Crippen molar-refractivity contribution in [2.75, 3.05) is 13.6 Å². The average Bonchev–Trinajstić information content (AvgIpc) is 2.38. The van der Waals surface area contributed by atoms with Crippen LogP contribution in [0.2, 0.25) is 0 Å². The highest BCUT2D eigenvalue weighted by atomic mass is 16.6. The van der Waals surface area contributed by atoms with Gasteiger partial charge in [0.05, 0.1) is 6.04 Å². The molecule has 1 aromatic carbocycles. The summed E-state index contributed by atoms with van der Waals surface area (Å²) < 4.78 is 5.40. The van der Waals surface area contributed by atoms with Gasteiger partial charge in [0, 0.05) is 13.6 Å². The molecule has 0 aliphatic carbocycles. The molecule has 21 heavy (non-hydrogen) atoms. The largest absolute Gasteiger partial charge is 0.444 e. The summed E-state index contributed by atoms with van der Waals surface area (Å²) in [6.07, 6.45) is -0.356. The second-order valence-corrected chi connectivity index (χ2v) is 6.66. The Morgan fingerprint density at radius 3 is 2.05 bits per heavy atom. The van der Waals surface area contributed by atoms with Gasteiger partial charge in [-0.1, -0.05) is 38.1 Å². The Morgan fingerprint density at radius 1 is 1.19 bits per heavy atom. The molecule has 1 amide bonds. The zero-order valence-electron chi connectivity index (χ0n) is 14.0. The van der Waals surface area contributed by atoms with Crippen molar-refractivity contribution in [2.24, 2.45) is 5.73 Å². The van der Waals surface area contributed by atoms with Crippen LogP contribution < -0.4 is 5.73 Å². The number of nitrogens with zero attached hydrogens (tertiary/aromatic N) is 1. The van der Waals surface area contributed by atoms with Crippen LogP contribution in [0.1, 0.15) is 57.7 Å². The Morgan fingerprint density at radius 2 is 1.67 bits per heavy atom. The molecule has 0 aliphatic heterocycles. The number of hydrogen-bond donors (Lipinski definition) is 1. The predicted molar refractivity (Wildman–Crippen MR) is 86.3 cm³/mol. The van der Waals surface area contributed by atoms with Crippen LogP contribution in [0.25, 0.3) is 0 Å². The third kappa shape index (κ3) is 5.05. The molecule has 1 unspecified atom stereocenters. The Bertz CT molecular complexity index is 461. The minimum Gasteiger partial charge on any atom is -0.444 e. The third-order valence-corrected chi connectivity index (χ3v) is 3.36. The Balaban J connectivity index is 2.88. The highest BCUT2D eigenvalue weighted by Crippen LogP contribution is 2.23. The maximum atomic E-state index is 12.2. The molecule has 1 rings (SSSR count). The van der Waals surface area contributed by atoms with E-state index in [2.05, 4.69) is 26.0 Å². The first kappa shape index (κ1) is 17.5. The molecule has 0 fully saturated rings. The third-order valence-electron chi connectivity index (χ3n) is 3.36.